The second-order valence-electron chi connectivity index (χ2n) is 9.10. The topological polar surface area (TPSA) is 55.2 Å². The molecular weight excluding hydrogens is 466 g/mol. The molecule has 182 valence electrons. The highest BCUT2D eigenvalue weighted by Crippen LogP contribution is 2.36. The lowest BCUT2D eigenvalue weighted by Gasteiger charge is -2.34. The molecule has 0 radical (unpaired) electrons. The predicted molar refractivity (Wildman–Crippen MR) is 147 cm³/mol. The summed E-state index contributed by atoms with van der Waals surface area (Å²) < 4.78 is 7.80. The van der Waals surface area contributed by atoms with Gasteiger partial charge in [-0.05, 0) is 41.6 Å². The Morgan fingerprint density at radius 2 is 1.86 bits per heavy atom. The van der Waals surface area contributed by atoms with Crippen molar-refractivity contribution >= 4 is 28.2 Å². The van der Waals surface area contributed by atoms with Crippen LogP contribution in [0.15, 0.2) is 84.6 Å². The van der Waals surface area contributed by atoms with Crippen LogP contribution in [0.1, 0.15) is 16.5 Å². The van der Waals surface area contributed by atoms with Crippen LogP contribution < -0.4 is 5.32 Å². The van der Waals surface area contributed by atoms with Crippen molar-refractivity contribution in [3.05, 3.63) is 95.1 Å². The van der Waals surface area contributed by atoms with E-state index in [1.54, 1.807) is 17.7 Å². The molecule has 5 aromatic rings. The van der Waals surface area contributed by atoms with Gasteiger partial charge in [0.05, 0.1) is 24.6 Å². The van der Waals surface area contributed by atoms with Gasteiger partial charge in [-0.25, -0.2) is 9.97 Å². The lowest BCUT2D eigenvalue weighted by atomic mass is 10.1. The molecule has 1 atom stereocenters. The zero-order chi connectivity index (χ0) is 24.3. The van der Waals surface area contributed by atoms with Crippen LogP contribution in [0, 0.1) is 6.92 Å². The average molecular weight is 496 g/mol. The van der Waals surface area contributed by atoms with Gasteiger partial charge in [0.15, 0.2) is 5.65 Å². The van der Waals surface area contributed by atoms with Gasteiger partial charge in [-0.15, -0.1) is 11.3 Å². The number of aromatic nitrogens is 3. The number of hydrogen-bond donors (Lipinski definition) is 1. The molecule has 1 aliphatic heterocycles. The van der Waals surface area contributed by atoms with Gasteiger partial charge in [0.25, 0.3) is 0 Å². The van der Waals surface area contributed by atoms with Crippen molar-refractivity contribution in [2.45, 2.75) is 13.0 Å². The Morgan fingerprint density at radius 3 is 2.64 bits per heavy atom. The third-order valence-corrected chi connectivity index (χ3v) is 7.74. The van der Waals surface area contributed by atoms with Crippen LogP contribution in [-0.2, 0) is 4.74 Å². The number of benzene rings is 2. The molecule has 36 heavy (non-hydrogen) atoms. The molecule has 4 heterocycles. The summed E-state index contributed by atoms with van der Waals surface area (Å²) in [5.41, 5.74) is 5.48. The number of anilines is 1. The highest BCUT2D eigenvalue weighted by Gasteiger charge is 2.24. The third-order valence-electron chi connectivity index (χ3n) is 6.77. The molecule has 1 unspecified atom stereocenters. The highest BCUT2D eigenvalue weighted by atomic mass is 32.1. The molecule has 0 saturated carbocycles. The number of aryl methyl sites for hydroxylation is 1. The minimum absolute atomic E-state index is 0.262. The zero-order valence-corrected chi connectivity index (χ0v) is 21.1. The van der Waals surface area contributed by atoms with E-state index < -0.39 is 0 Å². The van der Waals surface area contributed by atoms with E-state index in [0.29, 0.717) is 0 Å². The second-order valence-corrected chi connectivity index (χ2v) is 10.1. The molecule has 1 aliphatic rings. The first-order valence-corrected chi connectivity index (χ1v) is 13.2. The highest BCUT2D eigenvalue weighted by molar-refractivity contribution is 7.10. The summed E-state index contributed by atoms with van der Waals surface area (Å²) >= 11 is 1.81. The number of rotatable bonds is 7. The number of thiophene rings is 1. The molecule has 7 heteroatoms. The van der Waals surface area contributed by atoms with Crippen LogP contribution in [0.3, 0.4) is 0 Å². The Balaban J connectivity index is 1.42. The standard InChI is InChI=1S/C29H29N5OS/c1-21-7-5-10-23(17-21)34-19-24(22-8-3-2-4-9-22)27-28(31-20-32-29(27)34)30-18-25(26-11-6-16-36-26)33-12-14-35-15-13-33/h2-11,16-17,19-20,25H,12-15,18H2,1H3,(H,30,31,32). The van der Waals surface area contributed by atoms with E-state index in [1.807, 2.05) is 6.07 Å². The summed E-state index contributed by atoms with van der Waals surface area (Å²) in [4.78, 5) is 13.4. The third kappa shape index (κ3) is 4.53. The number of fused-ring (bicyclic) bond motifs is 1. The van der Waals surface area contributed by atoms with E-state index in [0.717, 1.165) is 66.5 Å². The van der Waals surface area contributed by atoms with Gasteiger partial charge >= 0.3 is 0 Å². The molecule has 2 aromatic carbocycles. The van der Waals surface area contributed by atoms with Crippen LogP contribution in [-0.4, -0.2) is 52.3 Å². The van der Waals surface area contributed by atoms with E-state index in [1.165, 1.54) is 10.4 Å². The Hall–Kier alpha value is -3.52. The van der Waals surface area contributed by atoms with E-state index >= 15 is 0 Å². The molecular formula is C29H29N5OS. The van der Waals surface area contributed by atoms with E-state index in [4.69, 9.17) is 14.7 Å². The quantitative estimate of drug-likeness (QED) is 0.303. The second kappa shape index (κ2) is 10.2. The van der Waals surface area contributed by atoms with Crippen molar-refractivity contribution in [2.24, 2.45) is 0 Å². The maximum atomic E-state index is 5.62. The van der Waals surface area contributed by atoms with Gasteiger partial charge in [0, 0.05) is 42.0 Å². The Kier molecular flexibility index (Phi) is 6.51. The van der Waals surface area contributed by atoms with E-state index in [2.05, 4.69) is 93.9 Å². The van der Waals surface area contributed by atoms with Gasteiger partial charge in [-0.3, -0.25) is 4.90 Å². The monoisotopic (exact) mass is 495 g/mol. The van der Waals surface area contributed by atoms with Gasteiger partial charge in [0.1, 0.15) is 12.1 Å². The molecule has 0 bridgehead atoms. The van der Waals surface area contributed by atoms with Crippen LogP contribution in [0.2, 0.25) is 0 Å². The molecule has 0 amide bonds. The van der Waals surface area contributed by atoms with Crippen molar-refractivity contribution in [3.63, 3.8) is 0 Å². The van der Waals surface area contributed by atoms with Crippen LogP contribution in [0.4, 0.5) is 5.82 Å². The van der Waals surface area contributed by atoms with E-state index in [9.17, 15) is 0 Å². The van der Waals surface area contributed by atoms with Gasteiger partial charge in [0.2, 0.25) is 0 Å². The predicted octanol–water partition coefficient (Wildman–Crippen LogP) is 5.94. The fourth-order valence-electron chi connectivity index (χ4n) is 4.98. The van der Waals surface area contributed by atoms with Crippen molar-refractivity contribution < 1.29 is 4.74 Å². The van der Waals surface area contributed by atoms with Gasteiger partial charge in [-0.2, -0.15) is 0 Å². The zero-order valence-electron chi connectivity index (χ0n) is 20.3. The van der Waals surface area contributed by atoms with Crippen LogP contribution >= 0.6 is 11.3 Å². The molecule has 1 saturated heterocycles. The Bertz CT molecular complexity index is 1440. The van der Waals surface area contributed by atoms with Crippen LogP contribution in [0.5, 0.6) is 0 Å². The smallest absolute Gasteiger partial charge is 0.150 e. The largest absolute Gasteiger partial charge is 0.379 e. The number of nitrogens with zero attached hydrogens (tertiary/aromatic N) is 4. The normalized spacial score (nSPS) is 15.2. The Labute approximate surface area is 215 Å². The van der Waals surface area contributed by atoms with Crippen molar-refractivity contribution in [1.29, 1.82) is 0 Å². The van der Waals surface area contributed by atoms with Crippen molar-refractivity contribution in [2.75, 3.05) is 38.2 Å². The van der Waals surface area contributed by atoms with Crippen LogP contribution in [0.25, 0.3) is 27.8 Å². The molecule has 1 fully saturated rings. The summed E-state index contributed by atoms with van der Waals surface area (Å²) in [5.74, 6) is 0.861. The molecule has 6 rings (SSSR count). The molecule has 0 spiro atoms. The number of morpholine rings is 1. The summed E-state index contributed by atoms with van der Waals surface area (Å²) in [6.07, 6.45) is 3.86. The number of hydrogen-bond acceptors (Lipinski definition) is 6. The summed E-state index contributed by atoms with van der Waals surface area (Å²) in [6.45, 7) is 6.29. The lowest BCUT2D eigenvalue weighted by Crippen LogP contribution is -2.41. The maximum Gasteiger partial charge on any atom is 0.150 e. The SMILES string of the molecule is Cc1cccc(-n2cc(-c3ccccc3)c3c(NCC(c4cccs4)N4CCOCC4)ncnc32)c1. The molecule has 0 aliphatic carbocycles. The lowest BCUT2D eigenvalue weighted by molar-refractivity contribution is 0.0194. The average Bonchev–Trinajstić information content (AvgIpc) is 3.59. The first kappa shape index (κ1) is 22.9. The minimum atomic E-state index is 0.262. The molecule has 6 nitrogen and oxygen atoms in total. The minimum Gasteiger partial charge on any atom is -0.379 e. The maximum absolute atomic E-state index is 5.62. The Morgan fingerprint density at radius 1 is 1.00 bits per heavy atom. The number of nitrogens with one attached hydrogen (secondary N) is 1. The molecule has 1 N–H and O–H groups in total. The van der Waals surface area contributed by atoms with Crippen molar-refractivity contribution in [3.8, 4) is 16.8 Å². The fraction of sp³-hybridized carbons (Fsp3) is 0.241. The van der Waals surface area contributed by atoms with Gasteiger partial charge < -0.3 is 14.6 Å². The summed E-state index contributed by atoms with van der Waals surface area (Å²) in [7, 11) is 0. The summed E-state index contributed by atoms with van der Waals surface area (Å²) in [5, 5.41) is 6.91. The summed E-state index contributed by atoms with van der Waals surface area (Å²) in [6, 6.07) is 23.6. The molecule has 3 aromatic heterocycles. The van der Waals surface area contributed by atoms with Gasteiger partial charge in [-0.1, -0.05) is 48.5 Å². The fourth-order valence-corrected chi connectivity index (χ4v) is 5.84. The van der Waals surface area contributed by atoms with E-state index in [-0.39, 0.29) is 6.04 Å². The first-order chi connectivity index (χ1) is 17.8. The number of ether oxygens (including phenoxy) is 1. The first-order valence-electron chi connectivity index (χ1n) is 12.4. The van der Waals surface area contributed by atoms with Crippen molar-refractivity contribution in [1.82, 2.24) is 19.4 Å².